The van der Waals surface area contributed by atoms with Crippen molar-refractivity contribution in [1.82, 2.24) is 4.90 Å². The van der Waals surface area contributed by atoms with Crippen LogP contribution in [-0.4, -0.2) is 38.2 Å². The SMILES string of the molecule is COc1cc2c(cc1OC)C(c1cccs1)N(C(=O)COc1cccc(Cl)c1)CC2. The summed E-state index contributed by atoms with van der Waals surface area (Å²) in [5.41, 5.74) is 2.21. The zero-order valence-electron chi connectivity index (χ0n) is 16.8. The lowest BCUT2D eigenvalue weighted by molar-refractivity contribution is -0.135. The first kappa shape index (κ1) is 20.6. The number of halogens is 1. The summed E-state index contributed by atoms with van der Waals surface area (Å²) in [5, 5.41) is 2.60. The summed E-state index contributed by atoms with van der Waals surface area (Å²) in [5.74, 6) is 1.86. The Labute approximate surface area is 184 Å². The van der Waals surface area contributed by atoms with Crippen molar-refractivity contribution in [3.8, 4) is 17.2 Å². The molecular weight excluding hydrogens is 422 g/mol. The first-order valence-electron chi connectivity index (χ1n) is 9.56. The van der Waals surface area contributed by atoms with Crippen LogP contribution in [0.5, 0.6) is 17.2 Å². The largest absolute Gasteiger partial charge is 0.493 e. The molecule has 2 heterocycles. The van der Waals surface area contributed by atoms with Gasteiger partial charge in [-0.1, -0.05) is 23.7 Å². The van der Waals surface area contributed by atoms with Crippen LogP contribution in [0.2, 0.25) is 5.02 Å². The number of rotatable bonds is 6. The third kappa shape index (κ3) is 4.11. The topological polar surface area (TPSA) is 48.0 Å². The lowest BCUT2D eigenvalue weighted by Gasteiger charge is -2.37. The summed E-state index contributed by atoms with van der Waals surface area (Å²) >= 11 is 7.64. The average molecular weight is 444 g/mol. The fourth-order valence-electron chi connectivity index (χ4n) is 3.75. The summed E-state index contributed by atoms with van der Waals surface area (Å²) in [6.07, 6.45) is 0.737. The quantitative estimate of drug-likeness (QED) is 0.539. The average Bonchev–Trinajstić information content (AvgIpc) is 3.30. The van der Waals surface area contributed by atoms with Crippen molar-refractivity contribution in [2.45, 2.75) is 12.5 Å². The Balaban J connectivity index is 1.64. The molecule has 0 spiro atoms. The Morgan fingerprint density at radius 2 is 1.93 bits per heavy atom. The van der Waals surface area contributed by atoms with Gasteiger partial charge < -0.3 is 19.1 Å². The summed E-state index contributed by atoms with van der Waals surface area (Å²) in [7, 11) is 3.25. The molecule has 1 aromatic heterocycles. The number of carbonyl (C=O) groups excluding carboxylic acids is 1. The Bertz CT molecular complexity index is 1040. The van der Waals surface area contributed by atoms with E-state index in [1.807, 2.05) is 28.5 Å². The van der Waals surface area contributed by atoms with Crippen LogP contribution in [0.4, 0.5) is 0 Å². The maximum Gasteiger partial charge on any atom is 0.261 e. The lowest BCUT2D eigenvalue weighted by Crippen LogP contribution is -2.42. The van der Waals surface area contributed by atoms with Crippen LogP contribution in [0.3, 0.4) is 0 Å². The molecule has 0 N–H and O–H groups in total. The molecule has 1 aliphatic heterocycles. The van der Waals surface area contributed by atoms with E-state index in [1.54, 1.807) is 49.8 Å². The van der Waals surface area contributed by atoms with E-state index in [1.165, 1.54) is 0 Å². The molecule has 1 aliphatic rings. The standard InChI is InChI=1S/C23H22ClNO4S/c1-27-19-11-15-8-9-25(22(26)14-29-17-6-3-5-16(24)12-17)23(21-7-4-10-30-21)18(15)13-20(19)28-2/h3-7,10-13,23H,8-9,14H2,1-2H3. The summed E-state index contributed by atoms with van der Waals surface area (Å²) < 4.78 is 16.7. The van der Waals surface area contributed by atoms with Gasteiger partial charge in [-0.25, -0.2) is 0 Å². The van der Waals surface area contributed by atoms with Crippen LogP contribution < -0.4 is 14.2 Å². The highest BCUT2D eigenvalue weighted by Crippen LogP contribution is 2.42. The smallest absolute Gasteiger partial charge is 0.261 e. The van der Waals surface area contributed by atoms with Crippen molar-refractivity contribution in [3.05, 3.63) is 74.9 Å². The molecule has 0 radical (unpaired) electrons. The molecule has 7 heteroatoms. The fourth-order valence-corrected chi connectivity index (χ4v) is 4.79. The van der Waals surface area contributed by atoms with Crippen molar-refractivity contribution in [3.63, 3.8) is 0 Å². The maximum atomic E-state index is 13.2. The number of methoxy groups -OCH3 is 2. The first-order chi connectivity index (χ1) is 14.6. The Kier molecular flexibility index (Phi) is 6.16. The minimum atomic E-state index is -0.191. The number of nitrogens with zero attached hydrogens (tertiary/aromatic N) is 1. The van der Waals surface area contributed by atoms with Crippen LogP contribution in [0, 0.1) is 0 Å². The van der Waals surface area contributed by atoms with E-state index in [2.05, 4.69) is 6.07 Å². The predicted molar refractivity (Wildman–Crippen MR) is 118 cm³/mol. The van der Waals surface area contributed by atoms with Gasteiger partial charge in [-0.15, -0.1) is 11.3 Å². The second-order valence-electron chi connectivity index (χ2n) is 6.91. The number of hydrogen-bond donors (Lipinski definition) is 0. The molecule has 0 saturated carbocycles. The van der Waals surface area contributed by atoms with Gasteiger partial charge in [-0.2, -0.15) is 0 Å². The van der Waals surface area contributed by atoms with Gasteiger partial charge in [-0.05, 0) is 59.3 Å². The molecule has 4 rings (SSSR count). The van der Waals surface area contributed by atoms with Gasteiger partial charge in [0.05, 0.1) is 20.3 Å². The van der Waals surface area contributed by atoms with Crippen molar-refractivity contribution in [1.29, 1.82) is 0 Å². The third-order valence-corrected chi connectivity index (χ3v) is 6.32. The molecule has 5 nitrogen and oxygen atoms in total. The molecule has 30 heavy (non-hydrogen) atoms. The zero-order valence-corrected chi connectivity index (χ0v) is 18.3. The maximum absolute atomic E-state index is 13.2. The third-order valence-electron chi connectivity index (χ3n) is 5.17. The number of hydrogen-bond acceptors (Lipinski definition) is 5. The van der Waals surface area contributed by atoms with Crippen molar-refractivity contribution < 1.29 is 19.0 Å². The Hall–Kier alpha value is -2.70. The second kappa shape index (κ2) is 8.98. The summed E-state index contributed by atoms with van der Waals surface area (Å²) in [6, 6.07) is 14.9. The van der Waals surface area contributed by atoms with E-state index in [-0.39, 0.29) is 18.6 Å². The molecule has 3 aromatic rings. The van der Waals surface area contributed by atoms with Gasteiger partial charge in [0.1, 0.15) is 5.75 Å². The number of benzene rings is 2. The highest BCUT2D eigenvalue weighted by molar-refractivity contribution is 7.10. The molecule has 156 valence electrons. The van der Waals surface area contributed by atoms with Crippen LogP contribution in [0.1, 0.15) is 22.0 Å². The molecule has 0 bridgehead atoms. The molecule has 2 aromatic carbocycles. The molecular formula is C23H22ClNO4S. The first-order valence-corrected chi connectivity index (χ1v) is 10.8. The van der Waals surface area contributed by atoms with Crippen molar-refractivity contribution in [2.75, 3.05) is 27.4 Å². The van der Waals surface area contributed by atoms with E-state index in [9.17, 15) is 4.79 Å². The minimum Gasteiger partial charge on any atom is -0.493 e. The molecule has 1 atom stereocenters. The van der Waals surface area contributed by atoms with Crippen LogP contribution in [0.15, 0.2) is 53.9 Å². The predicted octanol–water partition coefficient (Wildman–Crippen LogP) is 4.97. The Morgan fingerprint density at radius 1 is 1.13 bits per heavy atom. The summed E-state index contributed by atoms with van der Waals surface area (Å²) in [6.45, 7) is 0.549. The van der Waals surface area contributed by atoms with E-state index in [0.29, 0.717) is 28.8 Å². The summed E-state index contributed by atoms with van der Waals surface area (Å²) in [4.78, 5) is 16.1. The van der Waals surface area contributed by atoms with Crippen LogP contribution in [-0.2, 0) is 11.2 Å². The molecule has 0 aliphatic carbocycles. The lowest BCUT2D eigenvalue weighted by atomic mass is 9.90. The van der Waals surface area contributed by atoms with Crippen LogP contribution in [0.25, 0.3) is 0 Å². The molecule has 1 amide bonds. The number of fused-ring (bicyclic) bond motifs is 1. The highest BCUT2D eigenvalue weighted by Gasteiger charge is 2.34. The Morgan fingerprint density at radius 3 is 2.63 bits per heavy atom. The zero-order chi connectivity index (χ0) is 21.1. The van der Waals surface area contributed by atoms with Gasteiger partial charge in [0, 0.05) is 16.4 Å². The van der Waals surface area contributed by atoms with Crippen molar-refractivity contribution >= 4 is 28.8 Å². The number of ether oxygens (including phenoxy) is 3. The minimum absolute atomic E-state index is 0.0508. The number of amides is 1. The fraction of sp³-hybridized carbons (Fsp3) is 0.261. The van der Waals surface area contributed by atoms with E-state index in [0.717, 1.165) is 22.4 Å². The van der Waals surface area contributed by atoms with E-state index < -0.39 is 0 Å². The number of carbonyl (C=O) groups is 1. The van der Waals surface area contributed by atoms with Gasteiger partial charge in [0.15, 0.2) is 18.1 Å². The highest BCUT2D eigenvalue weighted by atomic mass is 35.5. The normalized spacial score (nSPS) is 15.4. The van der Waals surface area contributed by atoms with E-state index >= 15 is 0 Å². The second-order valence-corrected chi connectivity index (χ2v) is 8.32. The van der Waals surface area contributed by atoms with Crippen LogP contribution >= 0.6 is 22.9 Å². The monoisotopic (exact) mass is 443 g/mol. The molecule has 0 saturated heterocycles. The van der Waals surface area contributed by atoms with Crippen molar-refractivity contribution in [2.24, 2.45) is 0 Å². The van der Waals surface area contributed by atoms with Gasteiger partial charge in [-0.3, -0.25) is 4.79 Å². The molecule has 1 unspecified atom stereocenters. The number of thiophene rings is 1. The van der Waals surface area contributed by atoms with E-state index in [4.69, 9.17) is 25.8 Å². The molecule has 0 fully saturated rings. The van der Waals surface area contributed by atoms with Gasteiger partial charge in [0.2, 0.25) is 0 Å². The van der Waals surface area contributed by atoms with Gasteiger partial charge >= 0.3 is 0 Å². The van der Waals surface area contributed by atoms with Gasteiger partial charge in [0.25, 0.3) is 5.91 Å².